The molecule has 3 aromatic heterocycles. The van der Waals surface area contributed by atoms with Gasteiger partial charge in [-0.2, -0.15) is 10.1 Å². The van der Waals surface area contributed by atoms with Crippen molar-refractivity contribution >= 4 is 5.91 Å². The Morgan fingerprint density at radius 3 is 2.81 bits per heavy atom. The van der Waals surface area contributed by atoms with Crippen molar-refractivity contribution in [3.63, 3.8) is 0 Å². The van der Waals surface area contributed by atoms with E-state index in [1.165, 1.54) is 0 Å². The number of nitrogens with zero attached hydrogens (tertiary/aromatic N) is 4. The zero-order valence-corrected chi connectivity index (χ0v) is 16.9. The average Bonchev–Trinajstić information content (AvgIpc) is 3.53. The van der Waals surface area contributed by atoms with Crippen LogP contribution in [-0.2, 0) is 0 Å². The SMILES string of the molecule is COc1ccc(OC)c(-c2cc(C(=O)N3CC(c4nc(-c5ccco5)no4)C3)[nH]n2)c1. The van der Waals surface area contributed by atoms with Crippen LogP contribution < -0.4 is 9.47 Å². The number of aromatic amines is 1. The normalized spacial score (nSPS) is 13.8. The van der Waals surface area contributed by atoms with E-state index < -0.39 is 0 Å². The zero-order chi connectivity index (χ0) is 21.4. The van der Waals surface area contributed by atoms with Crippen molar-refractivity contribution in [2.24, 2.45) is 0 Å². The van der Waals surface area contributed by atoms with E-state index in [2.05, 4.69) is 20.3 Å². The molecule has 1 aromatic carbocycles. The molecule has 1 amide bonds. The number of rotatable bonds is 6. The number of hydrogen-bond acceptors (Lipinski definition) is 8. The largest absolute Gasteiger partial charge is 0.497 e. The molecular weight excluding hydrogens is 402 g/mol. The Bertz CT molecular complexity index is 1210. The topological polar surface area (TPSA) is 120 Å². The summed E-state index contributed by atoms with van der Waals surface area (Å²) >= 11 is 0. The van der Waals surface area contributed by atoms with E-state index in [0.717, 1.165) is 5.56 Å². The lowest BCUT2D eigenvalue weighted by atomic mass is 9.99. The van der Waals surface area contributed by atoms with Crippen LogP contribution in [0.1, 0.15) is 22.3 Å². The fourth-order valence-corrected chi connectivity index (χ4v) is 3.46. The third-order valence-corrected chi connectivity index (χ3v) is 5.19. The maximum Gasteiger partial charge on any atom is 0.271 e. The minimum atomic E-state index is -0.150. The number of hydrogen-bond donors (Lipinski definition) is 1. The van der Waals surface area contributed by atoms with Gasteiger partial charge in [-0.1, -0.05) is 5.16 Å². The zero-order valence-electron chi connectivity index (χ0n) is 16.9. The molecule has 4 heterocycles. The highest BCUT2D eigenvalue weighted by Gasteiger charge is 2.37. The van der Waals surface area contributed by atoms with Gasteiger partial charge >= 0.3 is 0 Å². The van der Waals surface area contributed by atoms with Gasteiger partial charge in [0.2, 0.25) is 11.7 Å². The van der Waals surface area contributed by atoms with Crippen molar-refractivity contribution in [1.82, 2.24) is 25.2 Å². The van der Waals surface area contributed by atoms with Crippen LogP contribution in [0.3, 0.4) is 0 Å². The highest BCUT2D eigenvalue weighted by molar-refractivity contribution is 5.94. The predicted molar refractivity (Wildman–Crippen MR) is 108 cm³/mol. The first-order chi connectivity index (χ1) is 15.2. The number of H-pyrrole nitrogens is 1. The second kappa shape index (κ2) is 7.63. The standard InChI is InChI=1S/C21H19N5O5/c1-28-13-5-6-17(29-2)14(8-13)15-9-16(24-23-15)21(27)26-10-12(11-26)20-22-19(25-31-20)18-4-3-7-30-18/h3-9,12H,10-11H2,1-2H3,(H,23,24). The molecule has 10 heteroatoms. The van der Waals surface area contributed by atoms with Gasteiger partial charge in [-0.05, 0) is 36.4 Å². The fourth-order valence-electron chi connectivity index (χ4n) is 3.46. The summed E-state index contributed by atoms with van der Waals surface area (Å²) in [5.41, 5.74) is 1.71. The Balaban J connectivity index is 1.27. The first-order valence-corrected chi connectivity index (χ1v) is 9.61. The minimum Gasteiger partial charge on any atom is -0.497 e. The van der Waals surface area contributed by atoms with E-state index >= 15 is 0 Å². The minimum absolute atomic E-state index is 0.0129. The summed E-state index contributed by atoms with van der Waals surface area (Å²) in [5.74, 6) is 2.57. The number of benzene rings is 1. The number of likely N-dealkylation sites (tertiary alicyclic amines) is 1. The van der Waals surface area contributed by atoms with Gasteiger partial charge in [-0.15, -0.1) is 0 Å². The van der Waals surface area contributed by atoms with Crippen LogP contribution in [0.2, 0.25) is 0 Å². The van der Waals surface area contributed by atoms with Crippen LogP contribution in [0, 0.1) is 0 Å². The Kier molecular flexibility index (Phi) is 4.66. The summed E-state index contributed by atoms with van der Waals surface area (Å²) in [6.07, 6.45) is 1.55. The Hall–Kier alpha value is -4.08. The van der Waals surface area contributed by atoms with E-state index in [9.17, 15) is 4.79 Å². The van der Waals surface area contributed by atoms with Gasteiger partial charge in [0.05, 0.1) is 32.1 Å². The fraction of sp³-hybridized carbons (Fsp3) is 0.238. The summed E-state index contributed by atoms with van der Waals surface area (Å²) < 4.78 is 21.3. The van der Waals surface area contributed by atoms with Crippen molar-refractivity contribution < 1.29 is 23.2 Å². The van der Waals surface area contributed by atoms with Gasteiger partial charge < -0.3 is 23.3 Å². The molecule has 0 spiro atoms. The van der Waals surface area contributed by atoms with E-state index in [1.54, 1.807) is 55.7 Å². The van der Waals surface area contributed by atoms with E-state index in [0.29, 0.717) is 53.5 Å². The summed E-state index contributed by atoms with van der Waals surface area (Å²) in [4.78, 5) is 18.9. The number of carbonyl (C=O) groups is 1. The number of aromatic nitrogens is 4. The molecule has 0 aliphatic carbocycles. The number of furan rings is 1. The third-order valence-electron chi connectivity index (χ3n) is 5.19. The quantitative estimate of drug-likeness (QED) is 0.505. The van der Waals surface area contributed by atoms with Crippen molar-refractivity contribution in [3.05, 3.63) is 54.2 Å². The maximum atomic E-state index is 12.8. The molecule has 10 nitrogen and oxygen atoms in total. The molecular formula is C21H19N5O5. The van der Waals surface area contributed by atoms with E-state index in [-0.39, 0.29) is 11.8 Å². The maximum absolute atomic E-state index is 12.8. The summed E-state index contributed by atoms with van der Waals surface area (Å²) in [5, 5.41) is 11.0. The molecule has 4 aromatic rings. The van der Waals surface area contributed by atoms with Crippen LogP contribution in [-0.4, -0.2) is 58.5 Å². The van der Waals surface area contributed by atoms with Crippen molar-refractivity contribution in [1.29, 1.82) is 0 Å². The Morgan fingerprint density at radius 1 is 1.19 bits per heavy atom. The molecule has 1 aliphatic rings. The smallest absolute Gasteiger partial charge is 0.271 e. The van der Waals surface area contributed by atoms with Crippen molar-refractivity contribution in [3.8, 4) is 34.3 Å². The summed E-state index contributed by atoms with van der Waals surface area (Å²) in [6, 6.07) is 10.6. The lowest BCUT2D eigenvalue weighted by Crippen LogP contribution is -2.48. The highest BCUT2D eigenvalue weighted by atomic mass is 16.5. The lowest BCUT2D eigenvalue weighted by molar-refractivity contribution is 0.0563. The first-order valence-electron chi connectivity index (χ1n) is 9.61. The first kappa shape index (κ1) is 18.9. The molecule has 1 aliphatic heterocycles. The lowest BCUT2D eigenvalue weighted by Gasteiger charge is -2.36. The predicted octanol–water partition coefficient (Wildman–Crippen LogP) is 2.98. The molecule has 0 atom stereocenters. The van der Waals surface area contributed by atoms with Gasteiger partial charge in [0, 0.05) is 18.7 Å². The van der Waals surface area contributed by atoms with Crippen molar-refractivity contribution in [2.75, 3.05) is 27.3 Å². The molecule has 1 fully saturated rings. The van der Waals surface area contributed by atoms with Crippen LogP contribution in [0.25, 0.3) is 22.8 Å². The van der Waals surface area contributed by atoms with Gasteiger partial charge in [-0.25, -0.2) is 0 Å². The molecule has 1 saturated heterocycles. The van der Waals surface area contributed by atoms with Crippen molar-refractivity contribution in [2.45, 2.75) is 5.92 Å². The van der Waals surface area contributed by atoms with E-state index in [1.807, 2.05) is 6.07 Å². The molecule has 0 radical (unpaired) electrons. The Morgan fingerprint density at radius 2 is 2.06 bits per heavy atom. The second-order valence-electron chi connectivity index (χ2n) is 7.07. The average molecular weight is 421 g/mol. The number of carbonyl (C=O) groups excluding carboxylic acids is 1. The number of nitrogens with one attached hydrogen (secondary N) is 1. The molecule has 5 rings (SSSR count). The number of ether oxygens (including phenoxy) is 2. The summed E-state index contributed by atoms with van der Waals surface area (Å²) in [6.45, 7) is 0.963. The van der Waals surface area contributed by atoms with Crippen LogP contribution in [0.15, 0.2) is 51.6 Å². The molecule has 1 N–H and O–H groups in total. The molecule has 158 valence electrons. The van der Waals surface area contributed by atoms with Crippen LogP contribution >= 0.6 is 0 Å². The highest BCUT2D eigenvalue weighted by Crippen LogP contribution is 2.33. The molecule has 0 unspecified atom stereocenters. The second-order valence-corrected chi connectivity index (χ2v) is 7.07. The van der Waals surface area contributed by atoms with Crippen LogP contribution in [0.5, 0.6) is 11.5 Å². The van der Waals surface area contributed by atoms with Gasteiger partial charge in [0.25, 0.3) is 5.91 Å². The molecule has 31 heavy (non-hydrogen) atoms. The van der Waals surface area contributed by atoms with Gasteiger partial charge in [0.1, 0.15) is 17.2 Å². The van der Waals surface area contributed by atoms with Crippen LogP contribution in [0.4, 0.5) is 0 Å². The van der Waals surface area contributed by atoms with Gasteiger partial charge in [-0.3, -0.25) is 9.89 Å². The molecule has 0 saturated carbocycles. The summed E-state index contributed by atoms with van der Waals surface area (Å²) in [7, 11) is 3.17. The molecule has 0 bridgehead atoms. The van der Waals surface area contributed by atoms with Gasteiger partial charge in [0.15, 0.2) is 5.76 Å². The third kappa shape index (κ3) is 3.41. The Labute approximate surface area is 176 Å². The monoisotopic (exact) mass is 421 g/mol. The van der Waals surface area contributed by atoms with E-state index in [4.69, 9.17) is 18.4 Å². The number of amides is 1. The number of methoxy groups -OCH3 is 2.